The predicted molar refractivity (Wildman–Crippen MR) is 78.4 cm³/mol. The van der Waals surface area contributed by atoms with Crippen molar-refractivity contribution >= 4 is 11.8 Å². The molecule has 0 unspecified atom stereocenters. The molecule has 0 atom stereocenters. The van der Waals surface area contributed by atoms with Crippen LogP contribution in [-0.4, -0.2) is 47.3 Å². The third kappa shape index (κ3) is 4.07. The normalized spacial score (nSPS) is 16.2. The zero-order valence-electron chi connectivity index (χ0n) is 12.9. The minimum Gasteiger partial charge on any atom is -0.463 e. The minimum absolute atomic E-state index is 0.00893. The van der Waals surface area contributed by atoms with Crippen LogP contribution in [0.1, 0.15) is 32.3 Å². The Hall–Kier alpha value is -1.82. The lowest BCUT2D eigenvalue weighted by Crippen LogP contribution is -2.53. The molecule has 0 aliphatic carbocycles. The van der Waals surface area contributed by atoms with Crippen LogP contribution in [0.15, 0.2) is 16.5 Å². The Morgan fingerprint density at radius 3 is 2.43 bits per heavy atom. The molecule has 1 aliphatic rings. The van der Waals surface area contributed by atoms with Crippen LogP contribution in [0.2, 0.25) is 0 Å². The van der Waals surface area contributed by atoms with Gasteiger partial charge in [0.15, 0.2) is 0 Å². The number of nitrogens with one attached hydrogen (secondary N) is 1. The average molecular weight is 293 g/mol. The predicted octanol–water partition coefficient (Wildman–Crippen LogP) is 0.968. The molecular weight excluding hydrogens is 270 g/mol. The summed E-state index contributed by atoms with van der Waals surface area (Å²) in [6, 6.07) is 4.15. The summed E-state index contributed by atoms with van der Waals surface area (Å²) in [7, 11) is 0. The van der Waals surface area contributed by atoms with E-state index in [1.54, 1.807) is 9.80 Å². The Morgan fingerprint density at radius 1 is 1.14 bits per heavy atom. The van der Waals surface area contributed by atoms with Gasteiger partial charge in [0.1, 0.15) is 18.1 Å². The summed E-state index contributed by atoms with van der Waals surface area (Å²) >= 11 is 0. The largest absolute Gasteiger partial charge is 0.463 e. The van der Waals surface area contributed by atoms with Crippen molar-refractivity contribution in [1.29, 1.82) is 0 Å². The third-order valence-corrected chi connectivity index (χ3v) is 3.49. The van der Waals surface area contributed by atoms with E-state index >= 15 is 0 Å². The van der Waals surface area contributed by atoms with Crippen molar-refractivity contribution in [1.82, 2.24) is 15.1 Å². The van der Waals surface area contributed by atoms with Crippen molar-refractivity contribution in [2.75, 3.05) is 19.6 Å². The molecule has 1 aliphatic heterocycles. The molecule has 1 N–H and O–H groups in total. The number of carbonyl (C=O) groups excluding carboxylic acids is 2. The number of hydrogen-bond donors (Lipinski definition) is 1. The Balaban J connectivity index is 1.92. The summed E-state index contributed by atoms with van der Waals surface area (Å²) in [5.74, 6) is 1.51. The van der Waals surface area contributed by atoms with Crippen LogP contribution in [-0.2, 0) is 22.7 Å². The number of furan rings is 1. The second-order valence-corrected chi connectivity index (χ2v) is 5.56. The van der Waals surface area contributed by atoms with Crippen molar-refractivity contribution in [3.63, 3.8) is 0 Å². The van der Waals surface area contributed by atoms with Crippen LogP contribution >= 0.6 is 0 Å². The fraction of sp³-hybridized carbons (Fsp3) is 0.600. The lowest BCUT2D eigenvalue weighted by Gasteiger charge is -2.32. The maximum atomic E-state index is 12.0. The number of likely N-dealkylation sites (N-methyl/N-ethyl adjacent to an activating group) is 1. The van der Waals surface area contributed by atoms with Gasteiger partial charge in [-0.2, -0.15) is 0 Å². The summed E-state index contributed by atoms with van der Waals surface area (Å²) in [4.78, 5) is 27.0. The maximum Gasteiger partial charge on any atom is 0.243 e. The molecule has 0 aromatic carbocycles. The molecule has 116 valence electrons. The summed E-state index contributed by atoms with van der Waals surface area (Å²) in [5, 5.41) is 3.27. The first-order valence-electron chi connectivity index (χ1n) is 7.36. The first-order chi connectivity index (χ1) is 9.99. The van der Waals surface area contributed by atoms with Crippen LogP contribution in [0, 0.1) is 0 Å². The highest BCUT2D eigenvalue weighted by atomic mass is 16.3. The van der Waals surface area contributed by atoms with E-state index in [2.05, 4.69) is 19.2 Å². The SMILES string of the molecule is CCN1CC(=O)N(Cc2ccc(CNC(C)C)o2)CC1=O. The van der Waals surface area contributed by atoms with Gasteiger partial charge in [-0.15, -0.1) is 0 Å². The van der Waals surface area contributed by atoms with Crippen molar-refractivity contribution in [3.05, 3.63) is 23.7 Å². The topological polar surface area (TPSA) is 65.8 Å². The Bertz CT molecular complexity index is 510. The molecule has 6 heteroatoms. The van der Waals surface area contributed by atoms with Crippen LogP contribution < -0.4 is 5.32 Å². The molecule has 6 nitrogen and oxygen atoms in total. The molecule has 0 radical (unpaired) electrons. The summed E-state index contributed by atoms with van der Waals surface area (Å²) in [5.41, 5.74) is 0. The smallest absolute Gasteiger partial charge is 0.243 e. The molecule has 1 saturated heterocycles. The van der Waals surface area contributed by atoms with Gasteiger partial charge in [-0.25, -0.2) is 0 Å². The molecule has 2 heterocycles. The van der Waals surface area contributed by atoms with E-state index in [-0.39, 0.29) is 24.9 Å². The van der Waals surface area contributed by atoms with Gasteiger partial charge < -0.3 is 19.5 Å². The Morgan fingerprint density at radius 2 is 1.76 bits per heavy atom. The van der Waals surface area contributed by atoms with Gasteiger partial charge >= 0.3 is 0 Å². The van der Waals surface area contributed by atoms with Crippen molar-refractivity contribution < 1.29 is 14.0 Å². The molecule has 1 fully saturated rings. The van der Waals surface area contributed by atoms with Gasteiger partial charge in [-0.05, 0) is 19.1 Å². The number of rotatable bonds is 6. The second kappa shape index (κ2) is 6.76. The van der Waals surface area contributed by atoms with E-state index in [0.29, 0.717) is 31.4 Å². The number of hydrogen-bond acceptors (Lipinski definition) is 4. The van der Waals surface area contributed by atoms with Gasteiger partial charge in [0.2, 0.25) is 11.8 Å². The molecule has 2 rings (SSSR count). The van der Waals surface area contributed by atoms with E-state index in [1.807, 2.05) is 19.1 Å². The molecule has 1 aromatic heterocycles. The Labute approximate surface area is 125 Å². The van der Waals surface area contributed by atoms with E-state index < -0.39 is 0 Å². The highest BCUT2D eigenvalue weighted by molar-refractivity contribution is 5.92. The number of piperazine rings is 1. The van der Waals surface area contributed by atoms with E-state index in [1.165, 1.54) is 0 Å². The van der Waals surface area contributed by atoms with Crippen molar-refractivity contribution in [2.24, 2.45) is 0 Å². The average Bonchev–Trinajstić information content (AvgIpc) is 2.88. The van der Waals surface area contributed by atoms with E-state index in [9.17, 15) is 9.59 Å². The van der Waals surface area contributed by atoms with Gasteiger partial charge in [-0.3, -0.25) is 9.59 Å². The minimum atomic E-state index is -0.0327. The monoisotopic (exact) mass is 293 g/mol. The first kappa shape index (κ1) is 15.6. The standard InChI is InChI=1S/C15H23N3O3/c1-4-17-9-15(20)18(10-14(17)19)8-13-6-5-12(21-13)7-16-11(2)3/h5-6,11,16H,4,7-10H2,1-3H3. The fourth-order valence-corrected chi connectivity index (χ4v) is 2.23. The quantitative estimate of drug-likeness (QED) is 0.848. The zero-order valence-corrected chi connectivity index (χ0v) is 12.9. The summed E-state index contributed by atoms with van der Waals surface area (Å²) < 4.78 is 5.69. The number of carbonyl (C=O) groups is 2. The lowest BCUT2D eigenvalue weighted by atomic mass is 10.2. The van der Waals surface area contributed by atoms with Gasteiger partial charge in [0.05, 0.1) is 19.6 Å². The summed E-state index contributed by atoms with van der Waals surface area (Å²) in [6.45, 7) is 7.90. The number of amides is 2. The maximum absolute atomic E-state index is 12.0. The van der Waals surface area contributed by atoms with E-state index in [0.717, 1.165) is 5.76 Å². The summed E-state index contributed by atoms with van der Waals surface area (Å²) in [6.07, 6.45) is 0. The highest BCUT2D eigenvalue weighted by Gasteiger charge is 2.29. The van der Waals surface area contributed by atoms with Gasteiger partial charge in [0.25, 0.3) is 0 Å². The van der Waals surface area contributed by atoms with E-state index in [4.69, 9.17) is 4.42 Å². The fourth-order valence-electron chi connectivity index (χ4n) is 2.23. The lowest BCUT2D eigenvalue weighted by molar-refractivity contribution is -0.150. The Kier molecular flexibility index (Phi) is 5.01. The highest BCUT2D eigenvalue weighted by Crippen LogP contribution is 2.13. The molecule has 0 spiro atoms. The molecule has 0 saturated carbocycles. The first-order valence-corrected chi connectivity index (χ1v) is 7.36. The third-order valence-electron chi connectivity index (χ3n) is 3.49. The molecular formula is C15H23N3O3. The van der Waals surface area contributed by atoms with Gasteiger partial charge in [0, 0.05) is 12.6 Å². The molecule has 0 bridgehead atoms. The van der Waals surface area contributed by atoms with Crippen LogP contribution in [0.3, 0.4) is 0 Å². The van der Waals surface area contributed by atoms with Crippen LogP contribution in [0.4, 0.5) is 0 Å². The van der Waals surface area contributed by atoms with Crippen molar-refractivity contribution in [3.8, 4) is 0 Å². The van der Waals surface area contributed by atoms with Crippen LogP contribution in [0.25, 0.3) is 0 Å². The van der Waals surface area contributed by atoms with Gasteiger partial charge in [-0.1, -0.05) is 13.8 Å². The molecule has 2 amide bonds. The van der Waals surface area contributed by atoms with Crippen molar-refractivity contribution in [2.45, 2.75) is 39.9 Å². The zero-order chi connectivity index (χ0) is 15.4. The molecule has 21 heavy (non-hydrogen) atoms. The molecule has 1 aromatic rings. The van der Waals surface area contributed by atoms with Crippen LogP contribution in [0.5, 0.6) is 0 Å². The number of nitrogens with zero attached hydrogens (tertiary/aromatic N) is 2. The second-order valence-electron chi connectivity index (χ2n) is 5.56.